The van der Waals surface area contributed by atoms with E-state index in [2.05, 4.69) is 61.6 Å². The number of benzene rings is 3. The molecule has 0 amide bonds. The van der Waals surface area contributed by atoms with Gasteiger partial charge in [0.1, 0.15) is 5.75 Å². The van der Waals surface area contributed by atoms with Crippen molar-refractivity contribution in [2.75, 3.05) is 12.4 Å². The molecule has 0 radical (unpaired) electrons. The molecule has 0 bridgehead atoms. The van der Waals surface area contributed by atoms with Gasteiger partial charge < -0.3 is 10.1 Å². The second kappa shape index (κ2) is 6.10. The Hall–Kier alpha value is -2.48. The summed E-state index contributed by atoms with van der Waals surface area (Å²) in [5.41, 5.74) is 5.06. The molecule has 0 saturated heterocycles. The normalized spacial score (nSPS) is 10.7. The molecule has 3 rings (SSSR count). The average molecular weight is 291 g/mol. The number of ether oxygens (including phenoxy) is 1. The summed E-state index contributed by atoms with van der Waals surface area (Å²) in [6, 6.07) is 19.0. The first-order chi connectivity index (χ1) is 10.7. The summed E-state index contributed by atoms with van der Waals surface area (Å²) in [5, 5.41) is 5.91. The molecule has 2 heteroatoms. The Morgan fingerprint density at radius 1 is 0.864 bits per heavy atom. The number of methoxy groups -OCH3 is 1. The van der Waals surface area contributed by atoms with Crippen molar-refractivity contribution < 1.29 is 4.74 Å². The second-order valence-electron chi connectivity index (χ2n) is 5.63. The lowest BCUT2D eigenvalue weighted by atomic mass is 10.0. The van der Waals surface area contributed by atoms with Crippen molar-refractivity contribution in [1.29, 1.82) is 0 Å². The molecular formula is C20H21NO. The summed E-state index contributed by atoms with van der Waals surface area (Å²) in [5.74, 6) is 0.922. The van der Waals surface area contributed by atoms with E-state index in [1.54, 1.807) is 7.11 Å². The van der Waals surface area contributed by atoms with Crippen LogP contribution in [0.1, 0.15) is 16.7 Å². The molecule has 0 aliphatic carbocycles. The Balaban J connectivity index is 1.89. The summed E-state index contributed by atoms with van der Waals surface area (Å²) >= 11 is 0. The van der Waals surface area contributed by atoms with Crippen LogP contribution in [0.2, 0.25) is 0 Å². The Morgan fingerprint density at radius 3 is 2.36 bits per heavy atom. The molecule has 1 N–H and O–H groups in total. The molecule has 0 heterocycles. The van der Waals surface area contributed by atoms with E-state index < -0.39 is 0 Å². The molecule has 0 atom stereocenters. The third-order valence-corrected chi connectivity index (χ3v) is 4.18. The predicted octanol–water partition coefficient (Wildman–Crippen LogP) is 5.08. The number of aryl methyl sites for hydroxylation is 2. The molecule has 0 spiro atoms. The topological polar surface area (TPSA) is 21.3 Å². The first-order valence-corrected chi connectivity index (χ1v) is 7.55. The number of nitrogens with one attached hydrogen (secondary N) is 1. The number of hydrogen-bond acceptors (Lipinski definition) is 2. The van der Waals surface area contributed by atoms with Crippen LogP contribution in [-0.2, 0) is 6.54 Å². The molecule has 0 aliphatic rings. The fraction of sp³-hybridized carbons (Fsp3) is 0.200. The fourth-order valence-electron chi connectivity index (χ4n) is 2.71. The summed E-state index contributed by atoms with van der Waals surface area (Å²) in [7, 11) is 1.72. The molecule has 0 unspecified atom stereocenters. The van der Waals surface area contributed by atoms with Gasteiger partial charge in [-0.25, -0.2) is 0 Å². The highest BCUT2D eigenvalue weighted by Gasteiger charge is 2.06. The standard InChI is InChI=1S/C20H21NO/c1-14-8-10-17(12-15(14)2)21-13-16-9-11-20(22-3)19-7-5-4-6-18(16)19/h4-12,21H,13H2,1-3H3. The molecule has 0 aromatic heterocycles. The molecule has 2 nitrogen and oxygen atoms in total. The van der Waals surface area contributed by atoms with Gasteiger partial charge in [-0.05, 0) is 54.1 Å². The molecule has 0 saturated carbocycles. The Kier molecular flexibility index (Phi) is 4.01. The highest BCUT2D eigenvalue weighted by molar-refractivity contribution is 5.91. The van der Waals surface area contributed by atoms with Crippen molar-refractivity contribution in [3.8, 4) is 5.75 Å². The van der Waals surface area contributed by atoms with Gasteiger partial charge in [0.15, 0.2) is 0 Å². The third-order valence-electron chi connectivity index (χ3n) is 4.18. The van der Waals surface area contributed by atoms with Gasteiger partial charge in [-0.2, -0.15) is 0 Å². The van der Waals surface area contributed by atoms with Crippen LogP contribution in [0.5, 0.6) is 5.75 Å². The number of fused-ring (bicyclic) bond motifs is 1. The van der Waals surface area contributed by atoms with Crippen molar-refractivity contribution in [2.24, 2.45) is 0 Å². The van der Waals surface area contributed by atoms with E-state index in [4.69, 9.17) is 4.74 Å². The lowest BCUT2D eigenvalue weighted by molar-refractivity contribution is 0.419. The summed E-state index contributed by atoms with van der Waals surface area (Å²) in [4.78, 5) is 0. The van der Waals surface area contributed by atoms with E-state index in [1.165, 1.54) is 22.1 Å². The predicted molar refractivity (Wildman–Crippen MR) is 93.7 cm³/mol. The SMILES string of the molecule is COc1ccc(CNc2ccc(C)c(C)c2)c2ccccc12. The zero-order valence-corrected chi connectivity index (χ0v) is 13.3. The minimum Gasteiger partial charge on any atom is -0.496 e. The van der Waals surface area contributed by atoms with E-state index in [-0.39, 0.29) is 0 Å². The van der Waals surface area contributed by atoms with Crippen LogP contribution < -0.4 is 10.1 Å². The first kappa shape index (κ1) is 14.5. The van der Waals surface area contributed by atoms with Crippen LogP contribution >= 0.6 is 0 Å². The zero-order chi connectivity index (χ0) is 15.5. The molecule has 3 aromatic rings. The van der Waals surface area contributed by atoms with Gasteiger partial charge in [-0.1, -0.05) is 36.4 Å². The van der Waals surface area contributed by atoms with E-state index >= 15 is 0 Å². The Morgan fingerprint density at radius 2 is 1.64 bits per heavy atom. The summed E-state index contributed by atoms with van der Waals surface area (Å²) in [6.45, 7) is 5.08. The number of hydrogen-bond donors (Lipinski definition) is 1. The van der Waals surface area contributed by atoms with Crippen molar-refractivity contribution >= 4 is 16.5 Å². The van der Waals surface area contributed by atoms with Crippen LogP contribution in [-0.4, -0.2) is 7.11 Å². The fourth-order valence-corrected chi connectivity index (χ4v) is 2.71. The molecule has 0 aliphatic heterocycles. The first-order valence-electron chi connectivity index (χ1n) is 7.55. The lowest BCUT2D eigenvalue weighted by Gasteiger charge is -2.13. The van der Waals surface area contributed by atoms with Gasteiger partial charge in [-0.15, -0.1) is 0 Å². The summed E-state index contributed by atoms with van der Waals surface area (Å²) in [6.07, 6.45) is 0. The number of rotatable bonds is 4. The van der Waals surface area contributed by atoms with Crippen molar-refractivity contribution in [3.05, 3.63) is 71.3 Å². The molecule has 112 valence electrons. The molecule has 22 heavy (non-hydrogen) atoms. The van der Waals surface area contributed by atoms with E-state index in [0.717, 1.165) is 23.4 Å². The maximum atomic E-state index is 5.45. The van der Waals surface area contributed by atoms with Crippen LogP contribution in [0.15, 0.2) is 54.6 Å². The largest absolute Gasteiger partial charge is 0.496 e. The van der Waals surface area contributed by atoms with Gasteiger partial charge in [0, 0.05) is 17.6 Å². The van der Waals surface area contributed by atoms with Crippen LogP contribution in [0.3, 0.4) is 0 Å². The van der Waals surface area contributed by atoms with Crippen LogP contribution in [0.25, 0.3) is 10.8 Å². The maximum Gasteiger partial charge on any atom is 0.126 e. The monoisotopic (exact) mass is 291 g/mol. The second-order valence-corrected chi connectivity index (χ2v) is 5.63. The minimum absolute atomic E-state index is 0.799. The molecule has 0 fully saturated rings. The van der Waals surface area contributed by atoms with Crippen molar-refractivity contribution in [3.63, 3.8) is 0 Å². The minimum atomic E-state index is 0.799. The lowest BCUT2D eigenvalue weighted by Crippen LogP contribution is -2.01. The van der Waals surface area contributed by atoms with Gasteiger partial charge in [-0.3, -0.25) is 0 Å². The Bertz CT molecular complexity index is 808. The summed E-state index contributed by atoms with van der Waals surface area (Å²) < 4.78 is 5.45. The molecular weight excluding hydrogens is 270 g/mol. The van der Waals surface area contributed by atoms with Gasteiger partial charge in [0.25, 0.3) is 0 Å². The van der Waals surface area contributed by atoms with Crippen molar-refractivity contribution in [1.82, 2.24) is 0 Å². The van der Waals surface area contributed by atoms with E-state index in [0.29, 0.717) is 0 Å². The maximum absolute atomic E-state index is 5.45. The molecule has 3 aromatic carbocycles. The average Bonchev–Trinajstić information content (AvgIpc) is 2.55. The number of anilines is 1. The van der Waals surface area contributed by atoms with Gasteiger partial charge >= 0.3 is 0 Å². The highest BCUT2D eigenvalue weighted by atomic mass is 16.5. The van der Waals surface area contributed by atoms with Crippen molar-refractivity contribution in [2.45, 2.75) is 20.4 Å². The highest BCUT2D eigenvalue weighted by Crippen LogP contribution is 2.28. The van der Waals surface area contributed by atoms with E-state index in [1.807, 2.05) is 12.1 Å². The smallest absolute Gasteiger partial charge is 0.126 e. The van der Waals surface area contributed by atoms with Crippen LogP contribution in [0, 0.1) is 13.8 Å². The Labute approximate surface area is 131 Å². The zero-order valence-electron chi connectivity index (χ0n) is 13.3. The van der Waals surface area contributed by atoms with Gasteiger partial charge in [0.05, 0.1) is 7.11 Å². The quantitative estimate of drug-likeness (QED) is 0.724. The van der Waals surface area contributed by atoms with Crippen LogP contribution in [0.4, 0.5) is 5.69 Å². The van der Waals surface area contributed by atoms with E-state index in [9.17, 15) is 0 Å². The third kappa shape index (κ3) is 2.77. The van der Waals surface area contributed by atoms with Gasteiger partial charge in [0.2, 0.25) is 0 Å².